The van der Waals surface area contributed by atoms with E-state index >= 15 is 0 Å². The first kappa shape index (κ1) is 14.0. The van der Waals surface area contributed by atoms with Crippen LogP contribution in [0.4, 0.5) is 0 Å². The van der Waals surface area contributed by atoms with E-state index in [0.29, 0.717) is 0 Å². The van der Waals surface area contributed by atoms with Crippen molar-refractivity contribution in [3.63, 3.8) is 0 Å². The molecule has 1 aliphatic carbocycles. The molecule has 3 atom stereocenters. The fourth-order valence-electron chi connectivity index (χ4n) is 3.13. The number of hydrogen-bond donors (Lipinski definition) is 1. The minimum absolute atomic E-state index is 0.812. The normalized spacial score (nSPS) is 30.9. The first-order chi connectivity index (χ1) is 7.67. The second-order valence-electron chi connectivity index (χ2n) is 5.98. The van der Waals surface area contributed by atoms with Crippen LogP contribution >= 0.6 is 0 Å². The van der Waals surface area contributed by atoms with Crippen LogP contribution in [0.1, 0.15) is 66.2 Å². The van der Waals surface area contributed by atoms with E-state index in [9.17, 15) is 0 Å². The number of rotatable bonds is 6. The topological polar surface area (TPSA) is 12.0 Å². The van der Waals surface area contributed by atoms with Crippen LogP contribution < -0.4 is 5.32 Å². The zero-order chi connectivity index (χ0) is 12.0. The highest BCUT2D eigenvalue weighted by atomic mass is 14.9. The standard InChI is InChI=1S/C15H31N/c1-5-13-8-10-15(16-6-2)14(11-13)9-7-12(3)4/h12-16H,5-11H2,1-4H3. The molecule has 1 rings (SSSR count). The van der Waals surface area contributed by atoms with Crippen LogP contribution in [-0.2, 0) is 0 Å². The summed E-state index contributed by atoms with van der Waals surface area (Å²) in [6, 6.07) is 0.812. The highest BCUT2D eigenvalue weighted by Crippen LogP contribution is 2.34. The van der Waals surface area contributed by atoms with Crippen LogP contribution in [0.5, 0.6) is 0 Å². The molecule has 0 aliphatic heterocycles. The Bertz CT molecular complexity index is 176. The summed E-state index contributed by atoms with van der Waals surface area (Å²) < 4.78 is 0. The van der Waals surface area contributed by atoms with Gasteiger partial charge in [-0.25, -0.2) is 0 Å². The van der Waals surface area contributed by atoms with Crippen LogP contribution in [0.15, 0.2) is 0 Å². The van der Waals surface area contributed by atoms with Gasteiger partial charge in [-0.15, -0.1) is 0 Å². The Hall–Kier alpha value is -0.0400. The molecular weight excluding hydrogens is 194 g/mol. The summed E-state index contributed by atoms with van der Waals surface area (Å²) in [4.78, 5) is 0. The molecule has 96 valence electrons. The van der Waals surface area contributed by atoms with E-state index in [1.165, 1.54) is 38.5 Å². The molecule has 0 amide bonds. The van der Waals surface area contributed by atoms with Crippen LogP contribution in [0.2, 0.25) is 0 Å². The fraction of sp³-hybridized carbons (Fsp3) is 1.00. The van der Waals surface area contributed by atoms with Gasteiger partial charge in [-0.2, -0.15) is 0 Å². The summed E-state index contributed by atoms with van der Waals surface area (Å²) in [6.07, 6.45) is 8.56. The predicted molar refractivity (Wildman–Crippen MR) is 72.7 cm³/mol. The summed E-state index contributed by atoms with van der Waals surface area (Å²) >= 11 is 0. The maximum absolute atomic E-state index is 3.70. The van der Waals surface area contributed by atoms with Crippen molar-refractivity contribution in [1.82, 2.24) is 5.32 Å². The molecule has 1 fully saturated rings. The van der Waals surface area contributed by atoms with E-state index in [2.05, 4.69) is 33.0 Å². The molecule has 1 nitrogen and oxygen atoms in total. The first-order valence-electron chi connectivity index (χ1n) is 7.40. The lowest BCUT2D eigenvalue weighted by molar-refractivity contribution is 0.184. The van der Waals surface area contributed by atoms with Gasteiger partial charge in [0, 0.05) is 6.04 Å². The maximum Gasteiger partial charge on any atom is 0.00954 e. The van der Waals surface area contributed by atoms with Crippen LogP contribution in [0, 0.1) is 17.8 Å². The van der Waals surface area contributed by atoms with Crippen molar-refractivity contribution < 1.29 is 0 Å². The van der Waals surface area contributed by atoms with E-state index in [1.54, 1.807) is 0 Å². The third-order valence-electron chi connectivity index (χ3n) is 4.25. The monoisotopic (exact) mass is 225 g/mol. The predicted octanol–water partition coefficient (Wildman–Crippen LogP) is 4.23. The summed E-state index contributed by atoms with van der Waals surface area (Å²) in [6.45, 7) is 10.4. The third-order valence-corrected chi connectivity index (χ3v) is 4.25. The maximum atomic E-state index is 3.70. The van der Waals surface area contributed by atoms with Crippen LogP contribution in [-0.4, -0.2) is 12.6 Å². The number of hydrogen-bond acceptors (Lipinski definition) is 1. The molecule has 0 radical (unpaired) electrons. The zero-order valence-electron chi connectivity index (χ0n) is 11.8. The Morgan fingerprint density at radius 3 is 2.50 bits per heavy atom. The molecule has 0 spiro atoms. The van der Waals surface area contributed by atoms with Gasteiger partial charge in [0.05, 0.1) is 0 Å². The molecular formula is C15H31N. The Balaban J connectivity index is 2.43. The Labute approximate surface area is 102 Å². The molecule has 0 saturated heterocycles. The molecule has 16 heavy (non-hydrogen) atoms. The molecule has 3 unspecified atom stereocenters. The van der Waals surface area contributed by atoms with Gasteiger partial charge < -0.3 is 5.32 Å². The van der Waals surface area contributed by atoms with Crippen molar-refractivity contribution in [3.05, 3.63) is 0 Å². The lowest BCUT2D eigenvalue weighted by atomic mass is 9.74. The second-order valence-corrected chi connectivity index (χ2v) is 5.98. The van der Waals surface area contributed by atoms with Crippen molar-refractivity contribution in [1.29, 1.82) is 0 Å². The van der Waals surface area contributed by atoms with E-state index < -0.39 is 0 Å². The Morgan fingerprint density at radius 2 is 1.94 bits per heavy atom. The molecule has 0 aromatic rings. The summed E-state index contributed by atoms with van der Waals surface area (Å²) in [5, 5.41) is 3.70. The Kier molecular flexibility index (Phi) is 6.41. The van der Waals surface area contributed by atoms with Gasteiger partial charge >= 0.3 is 0 Å². The lowest BCUT2D eigenvalue weighted by Gasteiger charge is -2.37. The fourth-order valence-corrected chi connectivity index (χ4v) is 3.13. The van der Waals surface area contributed by atoms with Crippen molar-refractivity contribution in [2.45, 2.75) is 72.3 Å². The average Bonchev–Trinajstić information content (AvgIpc) is 2.28. The quantitative estimate of drug-likeness (QED) is 0.713. The molecule has 0 heterocycles. The smallest absolute Gasteiger partial charge is 0.00954 e. The average molecular weight is 225 g/mol. The molecule has 0 aromatic carbocycles. The SMILES string of the molecule is CCNC1CCC(CC)CC1CCC(C)C. The van der Waals surface area contributed by atoms with Crippen molar-refractivity contribution in [2.75, 3.05) is 6.54 Å². The van der Waals surface area contributed by atoms with Gasteiger partial charge in [0.1, 0.15) is 0 Å². The van der Waals surface area contributed by atoms with Gasteiger partial charge in [0.2, 0.25) is 0 Å². The third kappa shape index (κ3) is 4.45. The van der Waals surface area contributed by atoms with E-state index in [4.69, 9.17) is 0 Å². The molecule has 1 saturated carbocycles. The zero-order valence-corrected chi connectivity index (χ0v) is 11.8. The second kappa shape index (κ2) is 7.32. The number of nitrogens with one attached hydrogen (secondary N) is 1. The highest BCUT2D eigenvalue weighted by molar-refractivity contribution is 4.84. The lowest BCUT2D eigenvalue weighted by Crippen LogP contribution is -2.40. The molecule has 0 bridgehead atoms. The van der Waals surface area contributed by atoms with Gasteiger partial charge in [-0.3, -0.25) is 0 Å². The van der Waals surface area contributed by atoms with Crippen LogP contribution in [0.3, 0.4) is 0 Å². The minimum Gasteiger partial charge on any atom is -0.314 e. The molecule has 1 N–H and O–H groups in total. The van der Waals surface area contributed by atoms with Gasteiger partial charge in [-0.05, 0) is 50.0 Å². The summed E-state index contributed by atoms with van der Waals surface area (Å²) in [7, 11) is 0. The Morgan fingerprint density at radius 1 is 1.19 bits per heavy atom. The largest absolute Gasteiger partial charge is 0.314 e. The van der Waals surface area contributed by atoms with Gasteiger partial charge in [0.25, 0.3) is 0 Å². The van der Waals surface area contributed by atoms with E-state index in [0.717, 1.165) is 30.3 Å². The molecule has 1 heteroatoms. The van der Waals surface area contributed by atoms with Crippen molar-refractivity contribution in [2.24, 2.45) is 17.8 Å². The summed E-state index contributed by atoms with van der Waals surface area (Å²) in [5.74, 6) is 2.82. The molecule has 0 aromatic heterocycles. The van der Waals surface area contributed by atoms with Crippen LogP contribution in [0.25, 0.3) is 0 Å². The van der Waals surface area contributed by atoms with Crippen molar-refractivity contribution >= 4 is 0 Å². The summed E-state index contributed by atoms with van der Waals surface area (Å²) in [5.41, 5.74) is 0. The minimum atomic E-state index is 0.812. The van der Waals surface area contributed by atoms with Gasteiger partial charge in [-0.1, -0.05) is 40.5 Å². The first-order valence-corrected chi connectivity index (χ1v) is 7.40. The van der Waals surface area contributed by atoms with Crippen molar-refractivity contribution in [3.8, 4) is 0 Å². The van der Waals surface area contributed by atoms with E-state index in [-0.39, 0.29) is 0 Å². The molecule has 1 aliphatic rings. The highest BCUT2D eigenvalue weighted by Gasteiger charge is 2.28. The van der Waals surface area contributed by atoms with Gasteiger partial charge in [0.15, 0.2) is 0 Å². The van der Waals surface area contributed by atoms with E-state index in [1.807, 2.05) is 0 Å².